The maximum Gasteiger partial charge on any atom is 0.228 e. The summed E-state index contributed by atoms with van der Waals surface area (Å²) in [6, 6.07) is 11.4. The van der Waals surface area contributed by atoms with Gasteiger partial charge in [0, 0.05) is 34.4 Å². The Bertz CT molecular complexity index is 1070. The standard InChI is InChI=1S/C21H22Cl2N2O4S/c1-14(26)15-4-2-6-19(10-15)24-21(27)16-5-3-9-25(12-16)30(28,29)13-17-7-8-18(22)11-20(17)23/h2,4,6-8,10-11,16H,3,5,9,12-13H2,1H3,(H,24,27). The summed E-state index contributed by atoms with van der Waals surface area (Å²) in [4.78, 5) is 24.2. The van der Waals surface area contributed by atoms with Crippen LogP contribution in [0.15, 0.2) is 42.5 Å². The molecule has 2 aromatic rings. The molecule has 1 heterocycles. The highest BCUT2D eigenvalue weighted by Gasteiger charge is 2.32. The molecule has 0 radical (unpaired) electrons. The van der Waals surface area contributed by atoms with Gasteiger partial charge in [-0.15, -0.1) is 0 Å². The normalized spacial score (nSPS) is 17.5. The number of halogens is 2. The summed E-state index contributed by atoms with van der Waals surface area (Å²) in [6.45, 7) is 1.92. The number of amides is 1. The lowest BCUT2D eigenvalue weighted by atomic mass is 9.98. The SMILES string of the molecule is CC(=O)c1cccc(NC(=O)C2CCCN(S(=O)(=O)Cc3ccc(Cl)cc3Cl)C2)c1. The van der Waals surface area contributed by atoms with Crippen LogP contribution in [0.4, 0.5) is 5.69 Å². The summed E-state index contributed by atoms with van der Waals surface area (Å²) in [5.74, 6) is -1.09. The molecular weight excluding hydrogens is 447 g/mol. The lowest BCUT2D eigenvalue weighted by Crippen LogP contribution is -2.44. The Balaban J connectivity index is 1.68. The highest BCUT2D eigenvalue weighted by Crippen LogP contribution is 2.27. The fraction of sp³-hybridized carbons (Fsp3) is 0.333. The first kappa shape index (κ1) is 22.7. The lowest BCUT2D eigenvalue weighted by molar-refractivity contribution is -0.120. The molecule has 1 saturated heterocycles. The van der Waals surface area contributed by atoms with Crippen molar-refractivity contribution < 1.29 is 18.0 Å². The first-order chi connectivity index (χ1) is 14.2. The third-order valence-electron chi connectivity index (χ3n) is 5.04. The van der Waals surface area contributed by atoms with Crippen molar-refractivity contribution in [2.24, 2.45) is 5.92 Å². The highest BCUT2D eigenvalue weighted by molar-refractivity contribution is 7.88. The minimum absolute atomic E-state index is 0.0955. The maximum atomic E-state index is 12.9. The van der Waals surface area contributed by atoms with Gasteiger partial charge in [0.15, 0.2) is 5.78 Å². The first-order valence-electron chi connectivity index (χ1n) is 9.49. The molecule has 30 heavy (non-hydrogen) atoms. The smallest absolute Gasteiger partial charge is 0.228 e. The van der Waals surface area contributed by atoms with E-state index in [2.05, 4.69) is 5.32 Å². The van der Waals surface area contributed by atoms with Crippen LogP contribution in [0.1, 0.15) is 35.7 Å². The van der Waals surface area contributed by atoms with Gasteiger partial charge in [-0.25, -0.2) is 12.7 Å². The molecule has 1 N–H and O–H groups in total. The fourth-order valence-electron chi connectivity index (χ4n) is 3.40. The van der Waals surface area contributed by atoms with Crippen LogP contribution < -0.4 is 5.32 Å². The molecule has 0 spiro atoms. The minimum atomic E-state index is -3.65. The quantitative estimate of drug-likeness (QED) is 0.637. The molecule has 0 aliphatic carbocycles. The first-order valence-corrected chi connectivity index (χ1v) is 11.9. The van der Waals surface area contributed by atoms with Gasteiger partial charge < -0.3 is 5.32 Å². The molecule has 3 rings (SSSR count). The van der Waals surface area contributed by atoms with Gasteiger partial charge in [-0.1, -0.05) is 41.4 Å². The molecule has 160 valence electrons. The van der Waals surface area contributed by atoms with Gasteiger partial charge in [-0.2, -0.15) is 0 Å². The van der Waals surface area contributed by atoms with Crippen LogP contribution in [0.5, 0.6) is 0 Å². The number of Topliss-reactive ketones (excluding diaryl/α,β-unsaturated/α-hetero) is 1. The van der Waals surface area contributed by atoms with Crippen molar-refractivity contribution in [1.29, 1.82) is 0 Å². The van der Waals surface area contributed by atoms with Crippen molar-refractivity contribution in [1.82, 2.24) is 4.31 Å². The molecule has 6 nitrogen and oxygen atoms in total. The molecule has 0 bridgehead atoms. The molecule has 0 aromatic heterocycles. The average molecular weight is 469 g/mol. The number of sulfonamides is 1. The number of rotatable bonds is 6. The summed E-state index contributed by atoms with van der Waals surface area (Å²) < 4.78 is 27.2. The molecule has 2 aromatic carbocycles. The molecule has 1 amide bonds. The van der Waals surface area contributed by atoms with Gasteiger partial charge in [0.2, 0.25) is 15.9 Å². The molecular formula is C21H22Cl2N2O4S. The number of benzene rings is 2. The summed E-state index contributed by atoms with van der Waals surface area (Å²) >= 11 is 12.0. The topological polar surface area (TPSA) is 83.6 Å². The van der Waals surface area contributed by atoms with Crippen molar-refractivity contribution in [3.05, 3.63) is 63.6 Å². The van der Waals surface area contributed by atoms with Crippen LogP contribution in [0.3, 0.4) is 0 Å². The number of carbonyl (C=O) groups is 2. The van der Waals surface area contributed by atoms with Crippen molar-refractivity contribution >= 4 is 50.6 Å². The lowest BCUT2D eigenvalue weighted by Gasteiger charge is -2.31. The van der Waals surface area contributed by atoms with E-state index in [0.29, 0.717) is 46.2 Å². The highest BCUT2D eigenvalue weighted by atomic mass is 35.5. The second-order valence-electron chi connectivity index (χ2n) is 7.32. The molecule has 1 unspecified atom stereocenters. The largest absolute Gasteiger partial charge is 0.326 e. The number of hydrogen-bond donors (Lipinski definition) is 1. The van der Waals surface area contributed by atoms with Crippen LogP contribution in [-0.2, 0) is 20.6 Å². The third kappa shape index (κ3) is 5.60. The molecule has 1 aliphatic rings. The van der Waals surface area contributed by atoms with E-state index in [1.807, 2.05) is 0 Å². The van der Waals surface area contributed by atoms with Gasteiger partial charge in [-0.3, -0.25) is 9.59 Å². The summed E-state index contributed by atoms with van der Waals surface area (Å²) in [5, 5.41) is 3.52. The Morgan fingerprint density at radius 2 is 1.93 bits per heavy atom. The zero-order valence-corrected chi connectivity index (χ0v) is 18.7. The van der Waals surface area contributed by atoms with Crippen molar-refractivity contribution in [2.75, 3.05) is 18.4 Å². The predicted octanol–water partition coefficient (Wildman–Crippen LogP) is 4.38. The van der Waals surface area contributed by atoms with Gasteiger partial charge >= 0.3 is 0 Å². The van der Waals surface area contributed by atoms with E-state index >= 15 is 0 Å². The second kappa shape index (κ2) is 9.47. The number of carbonyl (C=O) groups excluding carboxylic acids is 2. The predicted molar refractivity (Wildman–Crippen MR) is 118 cm³/mol. The zero-order chi connectivity index (χ0) is 21.9. The number of nitrogens with zero attached hydrogens (tertiary/aromatic N) is 1. The number of nitrogens with one attached hydrogen (secondary N) is 1. The van der Waals surface area contributed by atoms with E-state index in [1.54, 1.807) is 36.4 Å². The summed E-state index contributed by atoms with van der Waals surface area (Å²) in [7, 11) is -3.65. The molecule has 1 atom stereocenters. The number of piperidine rings is 1. The van der Waals surface area contributed by atoms with E-state index in [9.17, 15) is 18.0 Å². The number of ketones is 1. The Kier molecular flexibility index (Phi) is 7.18. The van der Waals surface area contributed by atoms with Gasteiger partial charge in [-0.05, 0) is 49.6 Å². The molecule has 1 aliphatic heterocycles. The Morgan fingerprint density at radius 3 is 2.63 bits per heavy atom. The van der Waals surface area contributed by atoms with Crippen LogP contribution >= 0.6 is 23.2 Å². The maximum absolute atomic E-state index is 12.9. The van der Waals surface area contributed by atoms with Gasteiger partial charge in [0.25, 0.3) is 0 Å². The monoisotopic (exact) mass is 468 g/mol. The number of hydrogen-bond acceptors (Lipinski definition) is 4. The molecule has 9 heteroatoms. The Hall–Kier alpha value is -1.93. The second-order valence-corrected chi connectivity index (χ2v) is 10.1. The average Bonchev–Trinajstić information content (AvgIpc) is 2.70. The minimum Gasteiger partial charge on any atom is -0.326 e. The summed E-state index contributed by atoms with van der Waals surface area (Å²) in [6.07, 6.45) is 1.17. The zero-order valence-electron chi connectivity index (χ0n) is 16.4. The third-order valence-corrected chi connectivity index (χ3v) is 7.42. The molecule has 1 fully saturated rings. The van der Waals surface area contributed by atoms with E-state index in [1.165, 1.54) is 17.3 Å². The van der Waals surface area contributed by atoms with Crippen molar-refractivity contribution in [3.8, 4) is 0 Å². The van der Waals surface area contributed by atoms with E-state index < -0.39 is 15.9 Å². The van der Waals surface area contributed by atoms with Gasteiger partial charge in [0.1, 0.15) is 0 Å². The summed E-state index contributed by atoms with van der Waals surface area (Å²) in [5.41, 5.74) is 1.48. The van der Waals surface area contributed by atoms with Crippen LogP contribution in [0.25, 0.3) is 0 Å². The van der Waals surface area contributed by atoms with E-state index in [-0.39, 0.29) is 24.0 Å². The van der Waals surface area contributed by atoms with Crippen LogP contribution in [0.2, 0.25) is 10.0 Å². The molecule has 0 saturated carbocycles. The Morgan fingerprint density at radius 1 is 1.17 bits per heavy atom. The Labute approximate surface area is 186 Å². The van der Waals surface area contributed by atoms with Crippen LogP contribution in [-0.4, -0.2) is 37.5 Å². The fourth-order valence-corrected chi connectivity index (χ4v) is 5.59. The number of anilines is 1. The van der Waals surface area contributed by atoms with Crippen LogP contribution in [0, 0.1) is 5.92 Å². The van der Waals surface area contributed by atoms with Crippen molar-refractivity contribution in [2.45, 2.75) is 25.5 Å². The van der Waals surface area contributed by atoms with Crippen molar-refractivity contribution in [3.63, 3.8) is 0 Å². The van der Waals surface area contributed by atoms with E-state index in [0.717, 1.165) is 0 Å². The van der Waals surface area contributed by atoms with E-state index in [4.69, 9.17) is 23.2 Å². The van der Waals surface area contributed by atoms with Gasteiger partial charge in [0.05, 0.1) is 11.7 Å².